The molecule has 0 fully saturated rings. The predicted octanol–water partition coefficient (Wildman–Crippen LogP) is 4.88. The molecule has 0 aliphatic carbocycles. The number of halogens is 1. The number of aromatic nitrogens is 2. The molecule has 3 aromatic rings. The summed E-state index contributed by atoms with van der Waals surface area (Å²) in [6.45, 7) is 0. The molecule has 19 heavy (non-hydrogen) atoms. The summed E-state index contributed by atoms with van der Waals surface area (Å²) in [4.78, 5) is 2.38. The molecule has 1 aromatic heterocycles. The van der Waals surface area contributed by atoms with Crippen LogP contribution in [0.4, 0.5) is 0 Å². The molecule has 3 rings (SSSR count). The summed E-state index contributed by atoms with van der Waals surface area (Å²) in [5.41, 5.74) is 2.17. The maximum atomic E-state index is 5.87. The molecule has 0 bridgehead atoms. The lowest BCUT2D eigenvalue weighted by molar-refractivity contribution is 1.09. The number of nitrogens with one attached hydrogen (secondary N) is 1. The fraction of sp³-hybridized carbons (Fsp3) is 0. The summed E-state index contributed by atoms with van der Waals surface area (Å²) in [6, 6.07) is 18.2. The summed E-state index contributed by atoms with van der Waals surface area (Å²) >= 11 is 7.59. The molecule has 0 aliphatic heterocycles. The lowest BCUT2D eigenvalue weighted by atomic mass is 10.2. The Hall–Kier alpha value is -1.71. The predicted molar refractivity (Wildman–Crippen MR) is 79.6 cm³/mol. The van der Waals surface area contributed by atoms with Gasteiger partial charge in [0, 0.05) is 21.0 Å². The average molecular weight is 287 g/mol. The van der Waals surface area contributed by atoms with Gasteiger partial charge in [-0.3, -0.25) is 5.10 Å². The molecule has 2 nitrogen and oxygen atoms in total. The summed E-state index contributed by atoms with van der Waals surface area (Å²) in [7, 11) is 0. The number of H-pyrrole nitrogens is 1. The van der Waals surface area contributed by atoms with Crippen molar-refractivity contribution < 1.29 is 0 Å². The van der Waals surface area contributed by atoms with Gasteiger partial charge in [-0.2, -0.15) is 5.10 Å². The van der Waals surface area contributed by atoms with Gasteiger partial charge in [0.2, 0.25) is 0 Å². The standard InChI is InChI=1S/C15H11ClN2S/c16-12-3-7-14(8-4-12)19-13-5-1-11(2-6-13)15-9-10-17-18-15/h1-10H,(H,17,18). The van der Waals surface area contributed by atoms with Gasteiger partial charge in [0.1, 0.15) is 0 Å². The van der Waals surface area contributed by atoms with Crippen molar-refractivity contribution in [3.8, 4) is 11.3 Å². The van der Waals surface area contributed by atoms with Crippen molar-refractivity contribution in [2.75, 3.05) is 0 Å². The highest BCUT2D eigenvalue weighted by atomic mass is 35.5. The van der Waals surface area contributed by atoms with E-state index in [1.165, 1.54) is 9.79 Å². The van der Waals surface area contributed by atoms with Gasteiger partial charge in [-0.1, -0.05) is 35.5 Å². The first-order valence-corrected chi connectivity index (χ1v) is 7.04. The number of nitrogens with zero attached hydrogens (tertiary/aromatic N) is 1. The third kappa shape index (κ3) is 3.00. The largest absolute Gasteiger partial charge is 0.278 e. The summed E-state index contributed by atoms with van der Waals surface area (Å²) in [6.07, 6.45) is 1.76. The van der Waals surface area contributed by atoms with Crippen LogP contribution < -0.4 is 0 Å². The fourth-order valence-electron chi connectivity index (χ4n) is 1.76. The van der Waals surface area contributed by atoms with Crippen LogP contribution in [0.2, 0.25) is 5.02 Å². The topological polar surface area (TPSA) is 28.7 Å². The van der Waals surface area contributed by atoms with Gasteiger partial charge in [-0.25, -0.2) is 0 Å². The van der Waals surface area contributed by atoms with Crippen LogP contribution in [0.15, 0.2) is 70.6 Å². The van der Waals surface area contributed by atoms with E-state index >= 15 is 0 Å². The van der Waals surface area contributed by atoms with E-state index in [9.17, 15) is 0 Å². The molecule has 1 N–H and O–H groups in total. The average Bonchev–Trinajstić information content (AvgIpc) is 2.96. The first-order valence-electron chi connectivity index (χ1n) is 5.84. The molecule has 0 unspecified atom stereocenters. The van der Waals surface area contributed by atoms with E-state index in [0.717, 1.165) is 16.3 Å². The fourth-order valence-corrected chi connectivity index (χ4v) is 2.70. The second-order valence-electron chi connectivity index (χ2n) is 4.05. The van der Waals surface area contributed by atoms with Crippen molar-refractivity contribution >= 4 is 23.4 Å². The second-order valence-corrected chi connectivity index (χ2v) is 5.63. The molecular formula is C15H11ClN2S. The summed E-state index contributed by atoms with van der Waals surface area (Å²) in [5, 5.41) is 7.67. The SMILES string of the molecule is Clc1ccc(Sc2ccc(-c3ccn[nH]3)cc2)cc1. The third-order valence-electron chi connectivity index (χ3n) is 2.72. The maximum absolute atomic E-state index is 5.87. The Morgan fingerprint density at radius 1 is 0.842 bits per heavy atom. The van der Waals surface area contributed by atoms with Crippen molar-refractivity contribution in [3.05, 3.63) is 65.8 Å². The number of hydrogen-bond donors (Lipinski definition) is 1. The van der Waals surface area contributed by atoms with Crippen LogP contribution in [0.3, 0.4) is 0 Å². The highest BCUT2D eigenvalue weighted by molar-refractivity contribution is 7.99. The van der Waals surface area contributed by atoms with Gasteiger partial charge >= 0.3 is 0 Å². The first-order chi connectivity index (χ1) is 9.31. The van der Waals surface area contributed by atoms with Crippen molar-refractivity contribution in [1.82, 2.24) is 10.2 Å². The number of rotatable bonds is 3. The summed E-state index contributed by atoms with van der Waals surface area (Å²) < 4.78 is 0. The number of hydrogen-bond acceptors (Lipinski definition) is 2. The Kier molecular flexibility index (Phi) is 3.58. The van der Waals surface area contributed by atoms with Crippen LogP contribution in [0.5, 0.6) is 0 Å². The number of aromatic amines is 1. The van der Waals surface area contributed by atoms with Gasteiger partial charge < -0.3 is 0 Å². The second kappa shape index (κ2) is 5.51. The maximum Gasteiger partial charge on any atom is 0.0650 e. The van der Waals surface area contributed by atoms with Gasteiger partial charge in [0.15, 0.2) is 0 Å². The lowest BCUT2D eigenvalue weighted by Gasteiger charge is -2.03. The van der Waals surface area contributed by atoms with Crippen LogP contribution in [0, 0.1) is 0 Å². The quantitative estimate of drug-likeness (QED) is 0.743. The van der Waals surface area contributed by atoms with Crippen molar-refractivity contribution in [2.24, 2.45) is 0 Å². The highest BCUT2D eigenvalue weighted by Crippen LogP contribution is 2.29. The molecule has 1 heterocycles. The molecular weight excluding hydrogens is 276 g/mol. The molecule has 0 amide bonds. The molecule has 0 spiro atoms. The van der Waals surface area contributed by atoms with Crippen LogP contribution in [0.25, 0.3) is 11.3 Å². The highest BCUT2D eigenvalue weighted by Gasteiger charge is 2.01. The Balaban J connectivity index is 1.77. The first kappa shape index (κ1) is 12.3. The minimum absolute atomic E-state index is 0.763. The van der Waals surface area contributed by atoms with E-state index in [4.69, 9.17) is 11.6 Å². The molecule has 4 heteroatoms. The smallest absolute Gasteiger partial charge is 0.0650 e. The van der Waals surface area contributed by atoms with Gasteiger partial charge in [0.05, 0.1) is 5.69 Å². The number of benzene rings is 2. The van der Waals surface area contributed by atoms with E-state index in [1.807, 2.05) is 30.3 Å². The molecule has 0 saturated carbocycles. The molecule has 0 saturated heterocycles. The van der Waals surface area contributed by atoms with Crippen LogP contribution in [0.1, 0.15) is 0 Å². The molecule has 94 valence electrons. The van der Waals surface area contributed by atoms with E-state index in [0.29, 0.717) is 0 Å². The summed E-state index contributed by atoms with van der Waals surface area (Å²) in [5.74, 6) is 0. The molecule has 0 radical (unpaired) electrons. The Morgan fingerprint density at radius 3 is 2.05 bits per heavy atom. The zero-order chi connectivity index (χ0) is 13.1. The third-order valence-corrected chi connectivity index (χ3v) is 3.98. The zero-order valence-electron chi connectivity index (χ0n) is 10.0. The zero-order valence-corrected chi connectivity index (χ0v) is 11.6. The van der Waals surface area contributed by atoms with E-state index < -0.39 is 0 Å². The molecule has 0 aliphatic rings. The van der Waals surface area contributed by atoms with E-state index in [-0.39, 0.29) is 0 Å². The van der Waals surface area contributed by atoms with Crippen molar-refractivity contribution in [2.45, 2.75) is 9.79 Å². The van der Waals surface area contributed by atoms with Gasteiger partial charge in [-0.15, -0.1) is 0 Å². The van der Waals surface area contributed by atoms with Crippen LogP contribution in [-0.2, 0) is 0 Å². The lowest BCUT2D eigenvalue weighted by Crippen LogP contribution is -1.79. The Labute approximate surface area is 120 Å². The van der Waals surface area contributed by atoms with Gasteiger partial charge in [0.25, 0.3) is 0 Å². The Morgan fingerprint density at radius 2 is 1.47 bits per heavy atom. The van der Waals surface area contributed by atoms with Crippen LogP contribution in [-0.4, -0.2) is 10.2 Å². The van der Waals surface area contributed by atoms with Gasteiger partial charge in [-0.05, 0) is 48.0 Å². The molecule has 2 aromatic carbocycles. The minimum atomic E-state index is 0.763. The van der Waals surface area contributed by atoms with E-state index in [2.05, 4.69) is 34.5 Å². The van der Waals surface area contributed by atoms with Crippen molar-refractivity contribution in [1.29, 1.82) is 0 Å². The minimum Gasteiger partial charge on any atom is -0.278 e. The molecule has 0 atom stereocenters. The van der Waals surface area contributed by atoms with Crippen LogP contribution >= 0.6 is 23.4 Å². The van der Waals surface area contributed by atoms with E-state index in [1.54, 1.807) is 18.0 Å². The van der Waals surface area contributed by atoms with Crippen molar-refractivity contribution in [3.63, 3.8) is 0 Å². The normalized spacial score (nSPS) is 10.6. The Bertz CT molecular complexity index is 646. The monoisotopic (exact) mass is 286 g/mol.